The maximum absolute atomic E-state index is 10.2. The number of hydrogen-bond donors (Lipinski definition) is 0. The van der Waals surface area contributed by atoms with Crippen LogP contribution in [-0.2, 0) is 9.08 Å². The molecule has 0 unspecified atom stereocenters. The van der Waals surface area contributed by atoms with Gasteiger partial charge in [0.1, 0.15) is 45.6 Å². The lowest BCUT2D eigenvalue weighted by Crippen LogP contribution is -2.00. The van der Waals surface area contributed by atoms with E-state index in [1.165, 1.54) is 0 Å². The Labute approximate surface area is 72.2 Å². The van der Waals surface area contributed by atoms with Crippen LogP contribution >= 0.6 is 50.9 Å². The van der Waals surface area contributed by atoms with E-state index in [4.69, 9.17) is 33.7 Å². The molecule has 0 aromatic carbocycles. The Morgan fingerprint density at radius 2 is 1.89 bits per heavy atom. The molecule has 0 saturated carbocycles. The smallest absolute Gasteiger partial charge is 0.344 e. The number of rotatable bonds is 2. The monoisotopic (exact) mass is 229 g/mol. The Morgan fingerprint density at radius 1 is 1.44 bits per heavy atom. The second-order valence-corrected chi connectivity index (χ2v) is 9.48. The molecule has 7 heteroatoms. The Kier molecular flexibility index (Phi) is 4.52. The van der Waals surface area contributed by atoms with E-state index in [9.17, 15) is 4.79 Å². The maximum Gasteiger partial charge on any atom is 0.366 e. The fraction of sp³-hybridized carbons (Fsp3) is 0.500. The molecule has 0 aliphatic heterocycles. The summed E-state index contributed by atoms with van der Waals surface area (Å²) in [6.45, 7) is 0. The van der Waals surface area contributed by atoms with Gasteiger partial charge < -0.3 is 4.29 Å². The van der Waals surface area contributed by atoms with Crippen LogP contribution in [0, 0.1) is 0 Å². The first-order valence-electron chi connectivity index (χ1n) is 1.74. The molecule has 0 amide bonds. The molecule has 0 radical (unpaired) electrons. The molecule has 0 rings (SSSR count). The lowest BCUT2D eigenvalue weighted by atomic mass is 10.8. The molecule has 0 bridgehead atoms. The summed E-state index contributed by atoms with van der Waals surface area (Å²) in [6, 6.07) is 0. The first-order chi connectivity index (χ1) is 3.95. The van der Waals surface area contributed by atoms with Gasteiger partial charge in [-0.05, 0) is 0 Å². The van der Waals surface area contributed by atoms with Crippen molar-refractivity contribution in [2.45, 2.75) is 0 Å². The molecule has 0 saturated heterocycles. The number of carbonyl (C=O) groups is 1. The fourth-order valence-corrected chi connectivity index (χ4v) is 1.54. The van der Waals surface area contributed by atoms with Crippen LogP contribution in [0.4, 0.5) is 0 Å². The second-order valence-electron chi connectivity index (χ2n) is 1.16. The third-order valence-electron chi connectivity index (χ3n) is 0.394. The molecular weight excluding hydrogens is 229 g/mol. The molecule has 9 heavy (non-hydrogen) atoms. The van der Waals surface area contributed by atoms with Crippen LogP contribution in [0.15, 0.2) is 0 Å². The predicted molar refractivity (Wildman–Crippen MR) is 41.3 cm³/mol. The van der Waals surface area contributed by atoms with Gasteiger partial charge in [-0.2, -0.15) is 0 Å². The zero-order valence-corrected chi connectivity index (χ0v) is 7.90. The first kappa shape index (κ1) is 10.1. The van der Waals surface area contributed by atoms with E-state index < -0.39 is 11.3 Å². The van der Waals surface area contributed by atoms with Crippen molar-refractivity contribution >= 4 is 56.9 Å². The van der Waals surface area contributed by atoms with E-state index in [2.05, 4.69) is 16.2 Å². The van der Waals surface area contributed by atoms with Crippen LogP contribution in [0.1, 0.15) is 0 Å². The van der Waals surface area contributed by atoms with Crippen molar-refractivity contribution in [1.29, 1.82) is 0 Å². The summed E-state index contributed by atoms with van der Waals surface area (Å²) in [6.07, 6.45) is -0.235. The molecule has 54 valence electrons. The molecule has 0 aliphatic carbocycles. The van der Waals surface area contributed by atoms with Crippen LogP contribution in [0.5, 0.6) is 0 Å². The molecule has 0 heterocycles. The van der Waals surface area contributed by atoms with Crippen molar-refractivity contribution in [2.75, 3.05) is 6.16 Å². The van der Waals surface area contributed by atoms with Gasteiger partial charge >= 0.3 is 11.3 Å². The van der Waals surface area contributed by atoms with E-state index in [0.717, 1.165) is 0 Å². The molecule has 0 aromatic rings. The van der Waals surface area contributed by atoms with E-state index in [-0.39, 0.29) is 6.16 Å². The van der Waals surface area contributed by atoms with Crippen LogP contribution in [0.25, 0.3) is 0 Å². The summed E-state index contributed by atoms with van der Waals surface area (Å²) >= 11 is 20.5. The summed E-state index contributed by atoms with van der Waals surface area (Å²) in [7, 11) is 0. The summed E-state index contributed by atoms with van der Waals surface area (Å²) in [4.78, 5) is 10.2. The van der Waals surface area contributed by atoms with Gasteiger partial charge in [-0.3, -0.25) is 0 Å². The summed E-state index contributed by atoms with van der Waals surface area (Å²) < 4.78 is 3.73. The number of carbonyl (C=O) groups excluding carboxylic acids is 1. The van der Waals surface area contributed by atoms with Gasteiger partial charge in [0.2, 0.25) is 6.16 Å². The van der Waals surface area contributed by atoms with Crippen molar-refractivity contribution in [3.63, 3.8) is 0 Å². The first-order valence-corrected chi connectivity index (χ1v) is 6.74. The van der Waals surface area contributed by atoms with Crippen molar-refractivity contribution in [1.82, 2.24) is 0 Å². The summed E-state index contributed by atoms with van der Waals surface area (Å²) in [5.41, 5.74) is 0. The largest absolute Gasteiger partial charge is 0.366 e. The van der Waals surface area contributed by atoms with Crippen LogP contribution in [-0.4, -0.2) is 12.1 Å². The highest BCUT2D eigenvalue weighted by Gasteiger charge is 2.37. The van der Waals surface area contributed by atoms with Crippen LogP contribution in [0.3, 0.4) is 0 Å². The topological polar surface area (TPSA) is 26.3 Å². The number of halogens is 4. The molecule has 0 fully saturated rings. The minimum absolute atomic E-state index is 0.235. The van der Waals surface area contributed by atoms with Gasteiger partial charge in [-0.1, -0.05) is 0 Å². The third-order valence-corrected chi connectivity index (χ3v) is 2.26. The Morgan fingerprint density at radius 3 is 2.00 bits per heavy atom. The quantitative estimate of drug-likeness (QED) is 0.682. The Hall–Kier alpha value is 1.06. The molecule has 0 atom stereocenters. The van der Waals surface area contributed by atoms with Gasteiger partial charge in [0.25, 0.3) is 0 Å². The van der Waals surface area contributed by atoms with Gasteiger partial charge in [0.15, 0.2) is 0 Å². The van der Waals surface area contributed by atoms with Crippen molar-refractivity contribution in [3.05, 3.63) is 0 Å². The fourth-order valence-electron chi connectivity index (χ4n) is 0.171. The van der Waals surface area contributed by atoms with Crippen molar-refractivity contribution < 1.29 is 9.08 Å². The highest BCUT2D eigenvalue weighted by atomic mass is 36.1. The van der Waals surface area contributed by atoms with Gasteiger partial charge in [-0.15, -0.1) is 0 Å². The minimum Gasteiger partial charge on any atom is -0.344 e. The molecule has 0 aromatic heterocycles. The standard InChI is InChI=1S/C2H2Cl4O2P/c3-8-2(7)1-9(4,5)6/h1H2/q+1. The third kappa shape index (κ3) is 6.95. The van der Waals surface area contributed by atoms with E-state index in [1.807, 2.05) is 0 Å². The maximum atomic E-state index is 10.2. The molecule has 0 spiro atoms. The normalized spacial score (nSPS) is 11.1. The Bertz CT molecular complexity index is 110. The predicted octanol–water partition coefficient (Wildman–Crippen LogP) is 3.16. The molecular formula is C2H2Cl4O2P+. The zero-order chi connectivity index (χ0) is 7.49. The van der Waals surface area contributed by atoms with Crippen molar-refractivity contribution in [3.8, 4) is 0 Å². The highest BCUT2D eigenvalue weighted by Crippen LogP contribution is 2.73. The molecule has 2 nitrogen and oxygen atoms in total. The van der Waals surface area contributed by atoms with Crippen LogP contribution < -0.4 is 0 Å². The van der Waals surface area contributed by atoms with Gasteiger partial charge in [0.05, 0.1) is 0 Å². The summed E-state index contributed by atoms with van der Waals surface area (Å²) in [5, 5.41) is -2.63. The van der Waals surface area contributed by atoms with Crippen molar-refractivity contribution in [2.24, 2.45) is 0 Å². The minimum atomic E-state index is -2.63. The van der Waals surface area contributed by atoms with Gasteiger partial charge in [-0.25, -0.2) is 4.79 Å². The molecule has 0 N–H and O–H groups in total. The van der Waals surface area contributed by atoms with Crippen LogP contribution in [0.2, 0.25) is 0 Å². The SMILES string of the molecule is O=C(C[P+](Cl)(Cl)Cl)OCl. The van der Waals surface area contributed by atoms with E-state index in [1.54, 1.807) is 0 Å². The average Bonchev–Trinajstić information content (AvgIpc) is 1.62. The molecule has 0 aliphatic rings. The lowest BCUT2D eigenvalue weighted by Gasteiger charge is -1.94. The lowest BCUT2D eigenvalue weighted by molar-refractivity contribution is -0.131. The average molecular weight is 231 g/mol. The number of hydrogen-bond acceptors (Lipinski definition) is 2. The Balaban J connectivity index is 3.60. The van der Waals surface area contributed by atoms with E-state index >= 15 is 0 Å². The highest BCUT2D eigenvalue weighted by molar-refractivity contribution is 8.33. The van der Waals surface area contributed by atoms with Gasteiger partial charge in [0, 0.05) is 0 Å². The zero-order valence-electron chi connectivity index (χ0n) is 3.98. The van der Waals surface area contributed by atoms with E-state index in [0.29, 0.717) is 0 Å². The summed E-state index contributed by atoms with van der Waals surface area (Å²) in [5.74, 6) is -0.718. The second kappa shape index (κ2) is 4.05.